The molecule has 0 aliphatic carbocycles. The number of aryl methyl sites for hydroxylation is 1. The lowest BCUT2D eigenvalue weighted by atomic mass is 9.88. The average molecular weight is 247 g/mol. The Balaban J connectivity index is 2.63. The van der Waals surface area contributed by atoms with E-state index in [4.69, 9.17) is 0 Å². The summed E-state index contributed by atoms with van der Waals surface area (Å²) in [5.74, 6) is -0.679. The van der Waals surface area contributed by atoms with E-state index in [9.17, 15) is 9.59 Å². The van der Waals surface area contributed by atoms with Gasteiger partial charge in [-0.05, 0) is 36.0 Å². The van der Waals surface area contributed by atoms with Gasteiger partial charge in [0, 0.05) is 12.5 Å². The molecule has 0 aromatic heterocycles. The highest BCUT2D eigenvalue weighted by Gasteiger charge is 2.11. The van der Waals surface area contributed by atoms with Gasteiger partial charge in [-0.2, -0.15) is 0 Å². The Morgan fingerprint density at radius 2 is 1.67 bits per heavy atom. The van der Waals surface area contributed by atoms with Crippen LogP contribution < -0.4 is 5.32 Å². The van der Waals surface area contributed by atoms with Crippen molar-refractivity contribution in [3.05, 3.63) is 35.4 Å². The van der Waals surface area contributed by atoms with Crippen LogP contribution in [0.5, 0.6) is 0 Å². The Morgan fingerprint density at radius 1 is 1.11 bits per heavy atom. The molecule has 0 saturated heterocycles. The molecular weight excluding hydrogens is 226 g/mol. The summed E-state index contributed by atoms with van der Waals surface area (Å²) in [4.78, 5) is 22.3. The van der Waals surface area contributed by atoms with Crippen LogP contribution in [0.1, 0.15) is 50.0 Å². The highest BCUT2D eigenvalue weighted by molar-refractivity contribution is 6.04. The van der Waals surface area contributed by atoms with E-state index in [-0.39, 0.29) is 11.8 Å². The summed E-state index contributed by atoms with van der Waals surface area (Å²) in [5, 5.41) is 2.26. The van der Waals surface area contributed by atoms with Gasteiger partial charge in [0.2, 0.25) is 5.91 Å². The van der Waals surface area contributed by atoms with Crippen LogP contribution in [0.25, 0.3) is 0 Å². The number of imide groups is 1. The van der Waals surface area contributed by atoms with Gasteiger partial charge in [-0.15, -0.1) is 0 Å². The molecule has 0 unspecified atom stereocenters. The Hall–Kier alpha value is -1.64. The van der Waals surface area contributed by atoms with E-state index in [0.29, 0.717) is 11.0 Å². The number of carbonyl (C=O) groups is 2. The SMILES string of the molecule is CC(=O)NC(=O)c1ccc(CCC(C)(C)C)cc1. The zero-order valence-corrected chi connectivity index (χ0v) is 11.5. The minimum atomic E-state index is -0.343. The van der Waals surface area contributed by atoms with Gasteiger partial charge < -0.3 is 0 Å². The van der Waals surface area contributed by atoms with Crippen molar-refractivity contribution in [2.24, 2.45) is 5.41 Å². The molecule has 1 rings (SSSR count). The predicted octanol–water partition coefficient (Wildman–Crippen LogP) is 2.94. The van der Waals surface area contributed by atoms with Crippen molar-refractivity contribution in [3.63, 3.8) is 0 Å². The predicted molar refractivity (Wildman–Crippen MR) is 72.4 cm³/mol. The Labute approximate surface area is 109 Å². The fraction of sp³-hybridized carbons (Fsp3) is 0.467. The molecule has 0 aliphatic heterocycles. The van der Waals surface area contributed by atoms with Gasteiger partial charge in [-0.3, -0.25) is 14.9 Å². The summed E-state index contributed by atoms with van der Waals surface area (Å²) in [6, 6.07) is 7.41. The largest absolute Gasteiger partial charge is 0.293 e. The molecular formula is C15H21NO2. The van der Waals surface area contributed by atoms with Crippen molar-refractivity contribution in [1.29, 1.82) is 0 Å². The molecule has 0 heterocycles. The molecule has 0 aliphatic rings. The van der Waals surface area contributed by atoms with Crippen LogP contribution in [0, 0.1) is 5.41 Å². The van der Waals surface area contributed by atoms with Crippen molar-refractivity contribution in [2.75, 3.05) is 0 Å². The molecule has 3 heteroatoms. The van der Waals surface area contributed by atoms with Gasteiger partial charge in [0.05, 0.1) is 0 Å². The third-order valence-corrected chi connectivity index (χ3v) is 2.67. The van der Waals surface area contributed by atoms with Crippen molar-refractivity contribution in [1.82, 2.24) is 5.32 Å². The molecule has 1 N–H and O–H groups in total. The van der Waals surface area contributed by atoms with Crippen molar-refractivity contribution in [3.8, 4) is 0 Å². The molecule has 0 fully saturated rings. The van der Waals surface area contributed by atoms with E-state index in [1.54, 1.807) is 12.1 Å². The van der Waals surface area contributed by atoms with E-state index in [1.807, 2.05) is 12.1 Å². The highest BCUT2D eigenvalue weighted by Crippen LogP contribution is 2.21. The van der Waals surface area contributed by atoms with Crippen LogP contribution in [-0.2, 0) is 11.2 Å². The molecule has 0 atom stereocenters. The lowest BCUT2D eigenvalue weighted by Crippen LogP contribution is -2.27. The highest BCUT2D eigenvalue weighted by atomic mass is 16.2. The Kier molecular flexibility index (Phi) is 4.65. The number of carbonyl (C=O) groups excluding carboxylic acids is 2. The Morgan fingerprint density at radius 3 is 2.11 bits per heavy atom. The molecule has 18 heavy (non-hydrogen) atoms. The van der Waals surface area contributed by atoms with Crippen molar-refractivity contribution < 1.29 is 9.59 Å². The van der Waals surface area contributed by atoms with Crippen LogP contribution >= 0.6 is 0 Å². The Bertz CT molecular complexity index is 427. The van der Waals surface area contributed by atoms with Gasteiger partial charge in [0.15, 0.2) is 0 Å². The second-order valence-corrected chi connectivity index (χ2v) is 5.77. The summed E-state index contributed by atoms with van der Waals surface area (Å²) < 4.78 is 0. The van der Waals surface area contributed by atoms with E-state index < -0.39 is 0 Å². The number of hydrogen-bond acceptors (Lipinski definition) is 2. The number of rotatable bonds is 3. The van der Waals surface area contributed by atoms with Gasteiger partial charge >= 0.3 is 0 Å². The third-order valence-electron chi connectivity index (χ3n) is 2.67. The van der Waals surface area contributed by atoms with E-state index in [2.05, 4.69) is 26.1 Å². The van der Waals surface area contributed by atoms with E-state index in [0.717, 1.165) is 12.8 Å². The zero-order chi connectivity index (χ0) is 13.8. The lowest BCUT2D eigenvalue weighted by molar-refractivity contribution is -0.118. The van der Waals surface area contributed by atoms with Crippen molar-refractivity contribution >= 4 is 11.8 Å². The minimum absolute atomic E-state index is 0.310. The normalized spacial score (nSPS) is 11.1. The van der Waals surface area contributed by atoms with Crippen LogP contribution in [-0.4, -0.2) is 11.8 Å². The van der Waals surface area contributed by atoms with Crippen molar-refractivity contribution in [2.45, 2.75) is 40.5 Å². The van der Waals surface area contributed by atoms with Crippen LogP contribution in [0.3, 0.4) is 0 Å². The lowest BCUT2D eigenvalue weighted by Gasteiger charge is -2.17. The number of benzene rings is 1. The maximum Gasteiger partial charge on any atom is 0.257 e. The fourth-order valence-electron chi connectivity index (χ4n) is 1.57. The van der Waals surface area contributed by atoms with Gasteiger partial charge in [0.1, 0.15) is 0 Å². The molecule has 3 nitrogen and oxygen atoms in total. The average Bonchev–Trinajstić information content (AvgIpc) is 2.25. The summed E-state index contributed by atoms with van der Waals surface area (Å²) in [7, 11) is 0. The second kappa shape index (κ2) is 5.80. The standard InChI is InChI=1S/C15H21NO2/c1-11(17)16-14(18)13-7-5-12(6-8-13)9-10-15(2,3)4/h5-8H,9-10H2,1-4H3,(H,16,17,18). The molecule has 1 aromatic carbocycles. The smallest absolute Gasteiger partial charge is 0.257 e. The van der Waals surface area contributed by atoms with Crippen LogP contribution in [0.2, 0.25) is 0 Å². The van der Waals surface area contributed by atoms with Crippen LogP contribution in [0.4, 0.5) is 0 Å². The number of nitrogens with one attached hydrogen (secondary N) is 1. The minimum Gasteiger partial charge on any atom is -0.293 e. The second-order valence-electron chi connectivity index (χ2n) is 5.77. The molecule has 0 radical (unpaired) electrons. The molecule has 1 aromatic rings. The quantitative estimate of drug-likeness (QED) is 0.892. The molecule has 0 saturated carbocycles. The van der Waals surface area contributed by atoms with Gasteiger partial charge in [-0.25, -0.2) is 0 Å². The number of hydrogen-bond donors (Lipinski definition) is 1. The first-order valence-electron chi connectivity index (χ1n) is 6.19. The maximum atomic E-state index is 11.6. The monoisotopic (exact) mass is 247 g/mol. The fourth-order valence-corrected chi connectivity index (χ4v) is 1.57. The number of amides is 2. The first-order chi connectivity index (χ1) is 8.28. The zero-order valence-electron chi connectivity index (χ0n) is 11.5. The molecule has 98 valence electrons. The summed E-state index contributed by atoms with van der Waals surface area (Å²) in [6.07, 6.45) is 2.10. The summed E-state index contributed by atoms with van der Waals surface area (Å²) in [6.45, 7) is 7.96. The van der Waals surface area contributed by atoms with E-state index in [1.165, 1.54) is 12.5 Å². The molecule has 0 spiro atoms. The summed E-state index contributed by atoms with van der Waals surface area (Å²) in [5.41, 5.74) is 2.04. The van der Waals surface area contributed by atoms with Gasteiger partial charge in [-0.1, -0.05) is 32.9 Å². The molecule has 2 amide bonds. The first kappa shape index (κ1) is 14.4. The maximum absolute atomic E-state index is 11.6. The van der Waals surface area contributed by atoms with E-state index >= 15 is 0 Å². The topological polar surface area (TPSA) is 46.2 Å². The first-order valence-corrected chi connectivity index (χ1v) is 6.19. The summed E-state index contributed by atoms with van der Waals surface area (Å²) >= 11 is 0. The molecule has 0 bridgehead atoms. The van der Waals surface area contributed by atoms with Gasteiger partial charge in [0.25, 0.3) is 5.91 Å². The third kappa shape index (κ3) is 5.13. The van der Waals surface area contributed by atoms with Crippen LogP contribution in [0.15, 0.2) is 24.3 Å².